The average molecular weight is 684 g/mol. The number of hydrogen-bond donors (Lipinski definition) is 0. The van der Waals surface area contributed by atoms with Gasteiger partial charge in [-0.1, -0.05) is 64.5 Å². The number of ether oxygens (including phenoxy) is 2. The van der Waals surface area contributed by atoms with Crippen molar-refractivity contribution in [1.82, 2.24) is 4.98 Å². The molecule has 5 nitrogen and oxygen atoms in total. The second-order valence-electron chi connectivity index (χ2n) is 16.1. The molecule has 0 amide bonds. The molecule has 0 atom stereocenters. The van der Waals surface area contributed by atoms with E-state index in [0.29, 0.717) is 11.5 Å². The zero-order chi connectivity index (χ0) is 33.7. The molecule has 0 bridgehead atoms. The molecule has 6 heteroatoms. The van der Waals surface area contributed by atoms with E-state index in [1.54, 1.807) is 17.4 Å². The molecule has 4 saturated carbocycles. The van der Waals surface area contributed by atoms with Crippen molar-refractivity contribution in [1.29, 1.82) is 0 Å². The van der Waals surface area contributed by atoms with Gasteiger partial charge >= 0.3 is 11.9 Å². The fourth-order valence-corrected chi connectivity index (χ4v) is 10.9. The summed E-state index contributed by atoms with van der Waals surface area (Å²) in [6.45, 7) is 4.65. The predicted octanol–water partition coefficient (Wildman–Crippen LogP) is 11.8. The van der Waals surface area contributed by atoms with E-state index in [0.717, 1.165) is 108 Å². The van der Waals surface area contributed by atoms with Crippen LogP contribution in [0.2, 0.25) is 0 Å². The summed E-state index contributed by atoms with van der Waals surface area (Å²) in [5.74, 6) is 5.42. The highest BCUT2D eigenvalue weighted by Gasteiger charge is 2.35. The van der Waals surface area contributed by atoms with E-state index in [-0.39, 0.29) is 23.8 Å². The highest BCUT2D eigenvalue weighted by molar-refractivity contribution is 7.21. The van der Waals surface area contributed by atoms with E-state index in [4.69, 9.17) is 14.5 Å². The average Bonchev–Trinajstić information content (AvgIpc) is 3.60. The quantitative estimate of drug-likeness (QED) is 0.166. The van der Waals surface area contributed by atoms with Crippen LogP contribution in [0.25, 0.3) is 20.8 Å². The summed E-state index contributed by atoms with van der Waals surface area (Å²) in [5, 5.41) is 0.827. The SMILES string of the molecule is CCC1CCC(C2CCC(C(=O)Oc3cc(OC(=O)C4CCC(C5CCC(CC)CC5)CC4)cc(-c4nc5ccccc5s4)c3)CC2)CC1. The van der Waals surface area contributed by atoms with Crippen molar-refractivity contribution in [2.45, 2.75) is 129 Å². The molecule has 2 aromatic carbocycles. The van der Waals surface area contributed by atoms with Gasteiger partial charge in [0.2, 0.25) is 0 Å². The molecule has 7 rings (SSSR count). The molecule has 0 saturated heterocycles. The molecule has 3 aromatic rings. The van der Waals surface area contributed by atoms with Crippen molar-refractivity contribution in [3.63, 3.8) is 0 Å². The summed E-state index contributed by atoms with van der Waals surface area (Å²) in [5.41, 5.74) is 1.75. The molecule has 4 fully saturated rings. The Morgan fingerprint density at radius 1 is 0.612 bits per heavy atom. The van der Waals surface area contributed by atoms with Crippen LogP contribution in [-0.2, 0) is 9.59 Å². The summed E-state index contributed by atoms with van der Waals surface area (Å²) < 4.78 is 13.3. The van der Waals surface area contributed by atoms with Gasteiger partial charge in [0, 0.05) is 11.6 Å². The summed E-state index contributed by atoms with van der Waals surface area (Å²) in [6, 6.07) is 13.6. The van der Waals surface area contributed by atoms with Crippen LogP contribution in [0, 0.1) is 47.3 Å². The first-order chi connectivity index (χ1) is 23.9. The molecule has 0 spiro atoms. The largest absolute Gasteiger partial charge is 0.426 e. The Bertz CT molecular complexity index is 1440. The predicted molar refractivity (Wildman–Crippen MR) is 199 cm³/mol. The first-order valence-corrected chi connectivity index (χ1v) is 20.7. The lowest BCUT2D eigenvalue weighted by molar-refractivity contribution is -0.140. The van der Waals surface area contributed by atoms with E-state index < -0.39 is 0 Å². The van der Waals surface area contributed by atoms with E-state index in [2.05, 4.69) is 19.9 Å². The monoisotopic (exact) mass is 683 g/mol. The molecular formula is C43H57NO4S. The van der Waals surface area contributed by atoms with Crippen LogP contribution in [0.5, 0.6) is 11.5 Å². The number of thiazole rings is 1. The third kappa shape index (κ3) is 8.43. The lowest BCUT2D eigenvalue weighted by atomic mass is 9.69. The van der Waals surface area contributed by atoms with E-state index in [1.165, 1.54) is 64.2 Å². The molecular weight excluding hydrogens is 627 g/mol. The minimum Gasteiger partial charge on any atom is -0.426 e. The standard InChI is InChI=1S/C43H57NO4S/c1-3-28-9-13-30(14-10-28)32-17-21-34(22-18-32)42(45)47-37-25-36(41-44-39-7-5-6-8-40(39)49-41)26-38(27-37)48-43(46)35-23-19-33(20-24-35)31-15-11-29(4-2)12-16-31/h5-8,25-35H,3-4,9-24H2,1-2H3. The number of fused-ring (bicyclic) bond motifs is 1. The number of esters is 2. The minimum absolute atomic E-state index is 0.0763. The van der Waals surface area contributed by atoms with Crippen molar-refractivity contribution in [3.05, 3.63) is 42.5 Å². The Morgan fingerprint density at radius 3 is 1.47 bits per heavy atom. The number of rotatable bonds is 9. The van der Waals surface area contributed by atoms with Gasteiger partial charge in [-0.05, 0) is 137 Å². The lowest BCUT2D eigenvalue weighted by Gasteiger charge is -2.37. The first-order valence-electron chi connectivity index (χ1n) is 19.9. The molecule has 0 radical (unpaired) electrons. The van der Waals surface area contributed by atoms with E-state index in [1.807, 2.05) is 30.3 Å². The lowest BCUT2D eigenvalue weighted by Crippen LogP contribution is -2.30. The number of benzene rings is 2. The fraction of sp³-hybridized carbons (Fsp3) is 0.651. The highest BCUT2D eigenvalue weighted by Crippen LogP contribution is 2.44. The van der Waals surface area contributed by atoms with E-state index >= 15 is 0 Å². The van der Waals surface area contributed by atoms with Crippen molar-refractivity contribution >= 4 is 33.5 Å². The highest BCUT2D eigenvalue weighted by atomic mass is 32.1. The second-order valence-corrected chi connectivity index (χ2v) is 17.2. The molecule has 0 unspecified atom stereocenters. The maximum atomic E-state index is 13.6. The zero-order valence-electron chi connectivity index (χ0n) is 29.9. The van der Waals surface area contributed by atoms with Crippen LogP contribution in [0.4, 0.5) is 0 Å². The van der Waals surface area contributed by atoms with Gasteiger partial charge in [-0.2, -0.15) is 0 Å². The van der Waals surface area contributed by atoms with Crippen LogP contribution in [0.15, 0.2) is 42.5 Å². The number of nitrogens with zero attached hydrogens (tertiary/aromatic N) is 1. The number of para-hydroxylation sites is 1. The molecule has 49 heavy (non-hydrogen) atoms. The molecule has 1 aromatic heterocycles. The van der Waals surface area contributed by atoms with Crippen LogP contribution in [0.1, 0.15) is 129 Å². The van der Waals surface area contributed by atoms with E-state index in [9.17, 15) is 9.59 Å². The number of carbonyl (C=O) groups is 2. The Morgan fingerprint density at radius 2 is 1.04 bits per heavy atom. The smallest absolute Gasteiger partial charge is 0.314 e. The van der Waals surface area contributed by atoms with Gasteiger partial charge in [-0.3, -0.25) is 9.59 Å². The van der Waals surface area contributed by atoms with Crippen molar-refractivity contribution in [2.24, 2.45) is 47.3 Å². The Kier molecular flexibility index (Phi) is 11.4. The van der Waals surface area contributed by atoms with Gasteiger partial charge in [0.15, 0.2) is 0 Å². The van der Waals surface area contributed by atoms with Gasteiger partial charge in [0.25, 0.3) is 0 Å². The van der Waals surface area contributed by atoms with Crippen molar-refractivity contribution < 1.29 is 19.1 Å². The number of aromatic nitrogens is 1. The molecule has 0 aliphatic heterocycles. The van der Waals surface area contributed by atoms with Crippen LogP contribution < -0.4 is 9.47 Å². The first kappa shape index (κ1) is 34.7. The van der Waals surface area contributed by atoms with Crippen LogP contribution >= 0.6 is 11.3 Å². The molecule has 1 heterocycles. The number of hydrogen-bond acceptors (Lipinski definition) is 6. The van der Waals surface area contributed by atoms with Gasteiger partial charge in [0.1, 0.15) is 16.5 Å². The second kappa shape index (κ2) is 16.1. The molecule has 264 valence electrons. The summed E-state index contributed by atoms with van der Waals surface area (Å²) >= 11 is 1.60. The van der Waals surface area contributed by atoms with Gasteiger partial charge < -0.3 is 9.47 Å². The topological polar surface area (TPSA) is 65.5 Å². The van der Waals surface area contributed by atoms with Gasteiger partial charge in [-0.15, -0.1) is 11.3 Å². The maximum absolute atomic E-state index is 13.6. The van der Waals surface area contributed by atoms with Crippen LogP contribution in [-0.4, -0.2) is 16.9 Å². The summed E-state index contributed by atoms with van der Waals surface area (Å²) in [4.78, 5) is 32.0. The molecule has 4 aliphatic carbocycles. The normalized spacial score (nSPS) is 30.9. The summed E-state index contributed by atoms with van der Waals surface area (Å²) in [7, 11) is 0. The van der Waals surface area contributed by atoms with Crippen molar-refractivity contribution in [2.75, 3.05) is 0 Å². The van der Waals surface area contributed by atoms with Crippen molar-refractivity contribution in [3.8, 4) is 22.1 Å². The third-order valence-electron chi connectivity index (χ3n) is 13.3. The zero-order valence-corrected chi connectivity index (χ0v) is 30.7. The third-order valence-corrected chi connectivity index (χ3v) is 14.4. The van der Waals surface area contributed by atoms with Crippen LogP contribution in [0.3, 0.4) is 0 Å². The Balaban J connectivity index is 1.00. The minimum atomic E-state index is -0.154. The Labute approximate surface area is 298 Å². The van der Waals surface area contributed by atoms with Gasteiger partial charge in [-0.25, -0.2) is 4.98 Å². The molecule has 4 aliphatic rings. The summed E-state index contributed by atoms with van der Waals surface area (Å²) in [6.07, 6.45) is 21.7. The Hall–Kier alpha value is -2.73. The number of carbonyl (C=O) groups excluding carboxylic acids is 2. The molecule has 0 N–H and O–H groups in total. The maximum Gasteiger partial charge on any atom is 0.314 e. The fourth-order valence-electron chi connectivity index (χ4n) is 10.00. The van der Waals surface area contributed by atoms with Gasteiger partial charge in [0.05, 0.1) is 22.1 Å².